The van der Waals surface area contributed by atoms with E-state index in [0.29, 0.717) is 30.3 Å². The Balaban J connectivity index is 1.38. The van der Waals surface area contributed by atoms with Gasteiger partial charge in [-0.3, -0.25) is 9.69 Å². The number of hydrogen-bond donors (Lipinski definition) is 0. The van der Waals surface area contributed by atoms with Crippen molar-refractivity contribution >= 4 is 17.2 Å². The summed E-state index contributed by atoms with van der Waals surface area (Å²) < 4.78 is 5.53. The van der Waals surface area contributed by atoms with Gasteiger partial charge in [0.2, 0.25) is 5.91 Å². The largest absolute Gasteiger partial charge is 0.381 e. The molecule has 1 amide bonds. The van der Waals surface area contributed by atoms with Crippen LogP contribution in [0.2, 0.25) is 0 Å². The van der Waals surface area contributed by atoms with Crippen LogP contribution in [0, 0.1) is 12.8 Å². The highest BCUT2D eigenvalue weighted by Crippen LogP contribution is 2.31. The van der Waals surface area contributed by atoms with Gasteiger partial charge in [0, 0.05) is 56.2 Å². The minimum atomic E-state index is 0.344. The molecule has 1 aromatic heterocycles. The van der Waals surface area contributed by atoms with Gasteiger partial charge in [-0.25, -0.2) is 4.98 Å². The van der Waals surface area contributed by atoms with Crippen molar-refractivity contribution < 1.29 is 9.53 Å². The maximum absolute atomic E-state index is 12.9. The van der Waals surface area contributed by atoms with E-state index in [4.69, 9.17) is 4.74 Å². The summed E-state index contributed by atoms with van der Waals surface area (Å²) in [6, 6.07) is 1.07. The molecule has 0 radical (unpaired) electrons. The first-order valence-electron chi connectivity index (χ1n) is 9.71. The third kappa shape index (κ3) is 3.91. The zero-order chi connectivity index (χ0) is 17.2. The maximum Gasteiger partial charge on any atom is 0.223 e. The van der Waals surface area contributed by atoms with E-state index in [9.17, 15) is 4.79 Å². The number of rotatable bonds is 4. The predicted octanol–water partition coefficient (Wildman–Crippen LogP) is 2.49. The number of thiazole rings is 1. The average Bonchev–Trinajstić information content (AvgIpc) is 2.85. The zero-order valence-corrected chi connectivity index (χ0v) is 16.0. The number of nitrogens with zero attached hydrogens (tertiary/aromatic N) is 3. The molecule has 4 saturated heterocycles. The normalized spacial score (nSPS) is 28.3. The Hall–Kier alpha value is -0.980. The highest BCUT2D eigenvalue weighted by atomic mass is 32.1. The van der Waals surface area contributed by atoms with Crippen molar-refractivity contribution in [3.8, 4) is 0 Å². The van der Waals surface area contributed by atoms with E-state index in [2.05, 4.69) is 14.8 Å². The van der Waals surface area contributed by atoms with Gasteiger partial charge in [0.1, 0.15) is 0 Å². The number of carbonyl (C=O) groups excluding carboxylic acids is 1. The van der Waals surface area contributed by atoms with Crippen molar-refractivity contribution in [3.63, 3.8) is 0 Å². The van der Waals surface area contributed by atoms with Gasteiger partial charge in [0.15, 0.2) is 0 Å². The summed E-state index contributed by atoms with van der Waals surface area (Å²) in [6.07, 6.45) is 6.23. The van der Waals surface area contributed by atoms with Gasteiger partial charge in [-0.15, -0.1) is 11.3 Å². The lowest BCUT2D eigenvalue weighted by Gasteiger charge is -2.37. The quantitative estimate of drug-likeness (QED) is 0.824. The molecular weight excluding hydrogens is 334 g/mol. The number of piperidine rings is 1. The molecule has 0 spiro atoms. The molecule has 2 atom stereocenters. The Labute approximate surface area is 154 Å². The predicted molar refractivity (Wildman–Crippen MR) is 98.8 cm³/mol. The van der Waals surface area contributed by atoms with Crippen molar-refractivity contribution in [1.29, 1.82) is 0 Å². The SMILES string of the molecule is Cc1ncsc1CCC(=O)N1C[C@H]2CC[C@@H]1CN(C1CCOCC1)C2. The Bertz CT molecular complexity index is 599. The van der Waals surface area contributed by atoms with Gasteiger partial charge in [-0.2, -0.15) is 0 Å². The standard InChI is InChI=1S/C19H29N3O2S/c1-14-18(25-13-20-14)4-5-19(23)22-11-15-2-3-17(22)12-21(10-15)16-6-8-24-9-7-16/h13,15-17H,2-12H2,1H3/t15-,17+/m0/s1. The van der Waals surface area contributed by atoms with E-state index in [1.807, 2.05) is 12.4 Å². The zero-order valence-electron chi connectivity index (χ0n) is 15.2. The number of amides is 1. The summed E-state index contributed by atoms with van der Waals surface area (Å²) in [5.41, 5.74) is 2.97. The molecule has 1 aromatic rings. The Morgan fingerprint density at radius 2 is 2.04 bits per heavy atom. The molecule has 4 aliphatic rings. The molecule has 0 unspecified atom stereocenters. The van der Waals surface area contributed by atoms with Crippen LogP contribution in [-0.2, 0) is 16.0 Å². The van der Waals surface area contributed by atoms with Crippen LogP contribution in [0.5, 0.6) is 0 Å². The Morgan fingerprint density at radius 3 is 2.80 bits per heavy atom. The number of carbonyl (C=O) groups is 1. The number of aryl methyl sites for hydroxylation is 2. The van der Waals surface area contributed by atoms with Crippen LogP contribution < -0.4 is 0 Å². The van der Waals surface area contributed by atoms with Crippen LogP contribution in [0.25, 0.3) is 0 Å². The van der Waals surface area contributed by atoms with E-state index in [0.717, 1.165) is 51.3 Å². The Kier molecular flexibility index (Phi) is 5.39. The van der Waals surface area contributed by atoms with Crippen LogP contribution in [-0.4, -0.2) is 65.6 Å². The molecule has 25 heavy (non-hydrogen) atoms. The van der Waals surface area contributed by atoms with E-state index in [1.165, 1.54) is 24.3 Å². The fourth-order valence-electron chi connectivity index (χ4n) is 4.70. The molecule has 138 valence electrons. The second-order valence-corrected chi connectivity index (χ2v) is 8.74. The van der Waals surface area contributed by atoms with E-state index in [-0.39, 0.29) is 0 Å². The molecule has 4 aliphatic heterocycles. The van der Waals surface area contributed by atoms with Gasteiger partial charge in [0.05, 0.1) is 11.2 Å². The molecule has 5 heterocycles. The topological polar surface area (TPSA) is 45.7 Å². The monoisotopic (exact) mass is 363 g/mol. The van der Waals surface area contributed by atoms with Crippen molar-refractivity contribution in [1.82, 2.24) is 14.8 Å². The maximum atomic E-state index is 12.9. The molecule has 0 aliphatic carbocycles. The summed E-state index contributed by atoms with van der Waals surface area (Å²) in [4.78, 5) is 23.3. The molecule has 0 N–H and O–H groups in total. The Morgan fingerprint density at radius 1 is 1.20 bits per heavy atom. The van der Waals surface area contributed by atoms with Crippen LogP contribution >= 0.6 is 11.3 Å². The lowest BCUT2D eigenvalue weighted by Crippen LogP contribution is -2.48. The van der Waals surface area contributed by atoms with E-state index in [1.54, 1.807) is 11.3 Å². The summed E-state index contributed by atoms with van der Waals surface area (Å²) in [5, 5.41) is 0. The van der Waals surface area contributed by atoms with Crippen molar-refractivity contribution in [2.45, 2.75) is 57.5 Å². The lowest BCUT2D eigenvalue weighted by molar-refractivity contribution is -0.135. The summed E-state index contributed by atoms with van der Waals surface area (Å²) in [5.74, 6) is 0.993. The highest BCUT2D eigenvalue weighted by molar-refractivity contribution is 7.09. The molecule has 0 saturated carbocycles. The van der Waals surface area contributed by atoms with Crippen molar-refractivity contribution in [2.75, 3.05) is 32.8 Å². The second-order valence-electron chi connectivity index (χ2n) is 7.80. The van der Waals surface area contributed by atoms with Gasteiger partial charge in [-0.1, -0.05) is 0 Å². The lowest BCUT2D eigenvalue weighted by atomic mass is 9.94. The second kappa shape index (κ2) is 7.72. The molecule has 5 rings (SSSR count). The first kappa shape index (κ1) is 17.4. The third-order valence-corrected chi connectivity index (χ3v) is 7.17. The number of hydrogen-bond acceptors (Lipinski definition) is 5. The molecule has 0 aromatic carbocycles. The highest BCUT2D eigenvalue weighted by Gasteiger charge is 2.39. The van der Waals surface area contributed by atoms with Gasteiger partial charge in [-0.05, 0) is 44.9 Å². The van der Waals surface area contributed by atoms with Crippen LogP contribution in [0.15, 0.2) is 5.51 Å². The van der Waals surface area contributed by atoms with Gasteiger partial charge in [0.25, 0.3) is 0 Å². The van der Waals surface area contributed by atoms with Crippen LogP contribution in [0.1, 0.15) is 42.7 Å². The van der Waals surface area contributed by atoms with Crippen molar-refractivity contribution in [3.05, 3.63) is 16.1 Å². The fraction of sp³-hybridized carbons (Fsp3) is 0.789. The summed E-state index contributed by atoms with van der Waals surface area (Å²) in [7, 11) is 0. The minimum Gasteiger partial charge on any atom is -0.381 e. The smallest absolute Gasteiger partial charge is 0.223 e. The fourth-order valence-corrected chi connectivity index (χ4v) is 5.48. The molecular formula is C19H29N3O2S. The van der Waals surface area contributed by atoms with Gasteiger partial charge < -0.3 is 9.64 Å². The number of aromatic nitrogens is 1. The van der Waals surface area contributed by atoms with Crippen molar-refractivity contribution in [2.24, 2.45) is 5.92 Å². The summed E-state index contributed by atoms with van der Waals surface area (Å²) in [6.45, 7) is 7.02. The summed E-state index contributed by atoms with van der Waals surface area (Å²) >= 11 is 1.67. The molecule has 4 fully saturated rings. The van der Waals surface area contributed by atoms with Crippen LogP contribution in [0.3, 0.4) is 0 Å². The average molecular weight is 364 g/mol. The van der Waals surface area contributed by atoms with E-state index >= 15 is 0 Å². The first-order chi connectivity index (χ1) is 12.2. The van der Waals surface area contributed by atoms with E-state index < -0.39 is 0 Å². The number of fused-ring (bicyclic) bond motifs is 4. The molecule has 6 heteroatoms. The minimum absolute atomic E-state index is 0.344. The molecule has 5 nitrogen and oxygen atoms in total. The van der Waals surface area contributed by atoms with Gasteiger partial charge >= 0.3 is 0 Å². The number of ether oxygens (including phenoxy) is 1. The first-order valence-corrected chi connectivity index (χ1v) is 10.6. The van der Waals surface area contributed by atoms with Crippen LogP contribution in [0.4, 0.5) is 0 Å². The molecule has 2 bridgehead atoms. The third-order valence-electron chi connectivity index (χ3n) is 6.18.